The van der Waals surface area contributed by atoms with Crippen molar-refractivity contribution in [2.45, 2.75) is 31.7 Å². The number of carbonyl (C=O) groups is 2. The van der Waals surface area contributed by atoms with Crippen molar-refractivity contribution in [1.29, 1.82) is 0 Å². The molecule has 3 amide bonds. The molecule has 1 aromatic heterocycles. The van der Waals surface area contributed by atoms with Crippen LogP contribution in [0, 0.1) is 5.92 Å². The van der Waals surface area contributed by atoms with Gasteiger partial charge in [0.25, 0.3) is 0 Å². The van der Waals surface area contributed by atoms with Crippen LogP contribution in [0.5, 0.6) is 0 Å². The van der Waals surface area contributed by atoms with E-state index >= 15 is 0 Å². The minimum atomic E-state index is -0.0603. The lowest BCUT2D eigenvalue weighted by atomic mass is 9.94. The summed E-state index contributed by atoms with van der Waals surface area (Å²) in [6, 6.07) is -0.0995. The monoisotopic (exact) mass is 319 g/mol. The number of likely N-dealkylation sites (N-methyl/N-ethyl adjacent to an activating group) is 1. The van der Waals surface area contributed by atoms with Gasteiger partial charge in [-0.1, -0.05) is 0 Å². The molecule has 2 atom stereocenters. The molecule has 0 aromatic carbocycles. The van der Waals surface area contributed by atoms with Gasteiger partial charge in [0.05, 0.1) is 6.04 Å². The molecule has 3 heterocycles. The van der Waals surface area contributed by atoms with Crippen LogP contribution in [0.15, 0.2) is 12.4 Å². The molecule has 0 aliphatic carbocycles. The van der Waals surface area contributed by atoms with Crippen LogP contribution < -0.4 is 5.32 Å². The van der Waals surface area contributed by atoms with Crippen molar-refractivity contribution in [1.82, 2.24) is 24.7 Å². The van der Waals surface area contributed by atoms with E-state index in [1.54, 1.807) is 11.9 Å². The van der Waals surface area contributed by atoms with E-state index in [0.717, 1.165) is 38.2 Å². The summed E-state index contributed by atoms with van der Waals surface area (Å²) in [5.41, 5.74) is 0. The van der Waals surface area contributed by atoms with Gasteiger partial charge in [-0.25, -0.2) is 9.78 Å². The molecule has 0 saturated carbocycles. The molecule has 2 aliphatic heterocycles. The Morgan fingerprint density at radius 2 is 2.22 bits per heavy atom. The summed E-state index contributed by atoms with van der Waals surface area (Å²) in [7, 11) is 3.78. The van der Waals surface area contributed by atoms with Gasteiger partial charge in [0.2, 0.25) is 5.91 Å². The van der Waals surface area contributed by atoms with Gasteiger partial charge < -0.3 is 19.7 Å². The van der Waals surface area contributed by atoms with Gasteiger partial charge in [-0.05, 0) is 18.8 Å². The third-order valence-electron chi connectivity index (χ3n) is 4.87. The number of hydrogen-bond donors (Lipinski definition) is 1. The number of piperidine rings is 1. The molecule has 0 unspecified atom stereocenters. The summed E-state index contributed by atoms with van der Waals surface area (Å²) in [6.07, 6.45) is 7.23. The zero-order chi connectivity index (χ0) is 16.4. The number of nitrogens with one attached hydrogen (secondary N) is 1. The van der Waals surface area contributed by atoms with E-state index < -0.39 is 0 Å². The Morgan fingerprint density at radius 1 is 1.39 bits per heavy atom. The summed E-state index contributed by atoms with van der Waals surface area (Å²) in [6.45, 7) is 2.16. The van der Waals surface area contributed by atoms with Gasteiger partial charge >= 0.3 is 6.03 Å². The van der Waals surface area contributed by atoms with Crippen molar-refractivity contribution in [2.24, 2.45) is 13.0 Å². The van der Waals surface area contributed by atoms with Crippen molar-refractivity contribution >= 4 is 11.9 Å². The molecule has 7 heteroatoms. The minimum Gasteiger partial charge on any atom is -0.344 e. The lowest BCUT2D eigenvalue weighted by molar-refractivity contribution is -0.126. The highest BCUT2D eigenvalue weighted by molar-refractivity contribution is 5.81. The molecule has 23 heavy (non-hydrogen) atoms. The normalized spacial score (nSPS) is 25.0. The second kappa shape index (κ2) is 6.60. The molecule has 2 aliphatic rings. The summed E-state index contributed by atoms with van der Waals surface area (Å²) in [5.74, 6) is 1.62. The Kier molecular flexibility index (Phi) is 4.54. The third-order valence-corrected chi connectivity index (χ3v) is 4.87. The third kappa shape index (κ3) is 3.65. The first-order chi connectivity index (χ1) is 11.0. The molecule has 0 bridgehead atoms. The quantitative estimate of drug-likeness (QED) is 0.887. The predicted molar refractivity (Wildman–Crippen MR) is 85.8 cm³/mol. The first-order valence-corrected chi connectivity index (χ1v) is 8.28. The maximum atomic E-state index is 12.4. The molecule has 3 rings (SSSR count). The maximum absolute atomic E-state index is 12.4. The average molecular weight is 319 g/mol. The molecular formula is C16H25N5O2. The number of aromatic nitrogens is 2. The van der Waals surface area contributed by atoms with E-state index in [-0.39, 0.29) is 18.0 Å². The van der Waals surface area contributed by atoms with Gasteiger partial charge in [-0.3, -0.25) is 4.79 Å². The molecule has 1 N–H and O–H groups in total. The molecule has 2 saturated heterocycles. The van der Waals surface area contributed by atoms with Gasteiger partial charge in [0.1, 0.15) is 5.82 Å². The number of hydrogen-bond acceptors (Lipinski definition) is 3. The molecule has 126 valence electrons. The molecule has 2 fully saturated rings. The molecule has 7 nitrogen and oxygen atoms in total. The van der Waals surface area contributed by atoms with Crippen LogP contribution in [0.25, 0.3) is 0 Å². The van der Waals surface area contributed by atoms with Gasteiger partial charge in [-0.15, -0.1) is 0 Å². The average Bonchev–Trinajstić information content (AvgIpc) is 3.06. The Balaban J connectivity index is 1.52. The van der Waals surface area contributed by atoms with Crippen LogP contribution >= 0.6 is 0 Å². The minimum absolute atomic E-state index is 0.0392. The first kappa shape index (κ1) is 15.8. The molecule has 1 aromatic rings. The molecule has 0 radical (unpaired) electrons. The van der Waals surface area contributed by atoms with Gasteiger partial charge in [0.15, 0.2) is 0 Å². The number of rotatable bonds is 3. The largest absolute Gasteiger partial charge is 0.344 e. The van der Waals surface area contributed by atoms with Crippen LogP contribution in [0.3, 0.4) is 0 Å². The van der Waals surface area contributed by atoms with Crippen molar-refractivity contribution in [2.75, 3.05) is 26.7 Å². The lowest BCUT2D eigenvalue weighted by Crippen LogP contribution is -2.49. The number of urea groups is 1. The topological polar surface area (TPSA) is 70.5 Å². The lowest BCUT2D eigenvalue weighted by Gasteiger charge is -2.33. The van der Waals surface area contributed by atoms with Crippen LogP contribution in [0.4, 0.5) is 4.79 Å². The summed E-state index contributed by atoms with van der Waals surface area (Å²) in [4.78, 5) is 31.9. The van der Waals surface area contributed by atoms with Crippen molar-refractivity contribution in [3.63, 3.8) is 0 Å². The fraction of sp³-hybridized carbons (Fsp3) is 0.688. The highest BCUT2D eigenvalue weighted by Gasteiger charge is 2.31. The smallest absolute Gasteiger partial charge is 0.317 e. The second-order valence-electron chi connectivity index (χ2n) is 6.74. The molecular weight excluding hydrogens is 294 g/mol. The van der Waals surface area contributed by atoms with Crippen molar-refractivity contribution < 1.29 is 9.59 Å². The number of aryl methyl sites for hydroxylation is 1. The fourth-order valence-electron chi connectivity index (χ4n) is 3.49. The van der Waals surface area contributed by atoms with Gasteiger partial charge in [-0.2, -0.15) is 0 Å². The summed E-state index contributed by atoms with van der Waals surface area (Å²) < 4.78 is 2.04. The number of carbonyl (C=O) groups excluding carboxylic acids is 2. The van der Waals surface area contributed by atoms with Crippen LogP contribution in [-0.4, -0.2) is 64.0 Å². The standard InChI is InChI=1S/C16H25N5O2/c1-19-7-5-17-14(19)8-12-4-3-6-21(10-12)16(23)18-13-9-15(22)20(2)11-13/h5,7,12-13H,3-4,6,8-11H2,1-2H3,(H,18,23)/t12-,13+/m1/s1. The van der Waals surface area contributed by atoms with E-state index in [9.17, 15) is 9.59 Å². The Morgan fingerprint density at radius 3 is 2.87 bits per heavy atom. The number of likely N-dealkylation sites (tertiary alicyclic amines) is 2. The number of nitrogens with zero attached hydrogens (tertiary/aromatic N) is 4. The highest BCUT2D eigenvalue weighted by Crippen LogP contribution is 2.20. The number of amides is 3. The van der Waals surface area contributed by atoms with E-state index in [0.29, 0.717) is 18.9 Å². The number of imidazole rings is 1. The van der Waals surface area contributed by atoms with E-state index in [2.05, 4.69) is 10.3 Å². The SMILES string of the molecule is CN1C[C@@H](NC(=O)N2CCC[C@H](Cc3nccn3C)C2)CC1=O. The summed E-state index contributed by atoms with van der Waals surface area (Å²) >= 11 is 0. The Bertz CT molecular complexity index is 585. The second-order valence-corrected chi connectivity index (χ2v) is 6.74. The molecule has 0 spiro atoms. The summed E-state index contributed by atoms with van der Waals surface area (Å²) in [5, 5.41) is 3.00. The van der Waals surface area contributed by atoms with Gasteiger partial charge in [0, 0.05) is 59.0 Å². The van der Waals surface area contributed by atoms with Crippen LogP contribution in [0.2, 0.25) is 0 Å². The van der Waals surface area contributed by atoms with E-state index in [1.165, 1.54) is 0 Å². The van der Waals surface area contributed by atoms with E-state index in [1.807, 2.05) is 28.9 Å². The van der Waals surface area contributed by atoms with Crippen LogP contribution in [0.1, 0.15) is 25.1 Å². The van der Waals surface area contributed by atoms with Crippen molar-refractivity contribution in [3.05, 3.63) is 18.2 Å². The van der Waals surface area contributed by atoms with E-state index in [4.69, 9.17) is 0 Å². The Labute approximate surface area is 136 Å². The highest BCUT2D eigenvalue weighted by atomic mass is 16.2. The zero-order valence-corrected chi connectivity index (χ0v) is 13.9. The van der Waals surface area contributed by atoms with Crippen LogP contribution in [-0.2, 0) is 18.3 Å². The predicted octanol–water partition coefficient (Wildman–Crippen LogP) is 0.615. The fourth-order valence-corrected chi connectivity index (χ4v) is 3.49. The first-order valence-electron chi connectivity index (χ1n) is 8.28. The maximum Gasteiger partial charge on any atom is 0.317 e. The van der Waals surface area contributed by atoms with Crippen molar-refractivity contribution in [3.8, 4) is 0 Å². The Hall–Kier alpha value is -2.05. The zero-order valence-electron chi connectivity index (χ0n) is 13.9.